The number of rotatable bonds is 3. The second kappa shape index (κ2) is 6.81. The van der Waals surface area contributed by atoms with E-state index in [9.17, 15) is 0 Å². The Labute approximate surface area is 103 Å². The molecule has 0 saturated carbocycles. The van der Waals surface area contributed by atoms with Crippen molar-refractivity contribution in [2.75, 3.05) is 46.8 Å². The zero-order valence-electron chi connectivity index (χ0n) is 8.18. The molecule has 0 aromatic heterocycles. The average molecular weight is 268 g/mol. The van der Waals surface area contributed by atoms with Gasteiger partial charge in [0.2, 0.25) is 0 Å². The van der Waals surface area contributed by atoms with Gasteiger partial charge in [0.05, 0.1) is 0 Å². The monoisotopic (exact) mass is 268 g/mol. The Morgan fingerprint density at radius 1 is 0.643 bits per heavy atom. The molecular formula is C8H16N2S4. The third-order valence-electron chi connectivity index (χ3n) is 2.16. The van der Waals surface area contributed by atoms with E-state index in [1.807, 2.05) is 47.0 Å². The van der Waals surface area contributed by atoms with Crippen LogP contribution >= 0.6 is 47.0 Å². The fourth-order valence-electron chi connectivity index (χ4n) is 1.40. The van der Waals surface area contributed by atoms with E-state index in [-0.39, 0.29) is 0 Å². The van der Waals surface area contributed by atoms with Gasteiger partial charge in [-0.15, -0.1) is 47.0 Å². The van der Waals surface area contributed by atoms with Gasteiger partial charge in [0, 0.05) is 46.8 Å². The van der Waals surface area contributed by atoms with Gasteiger partial charge in [-0.1, -0.05) is 0 Å². The summed E-state index contributed by atoms with van der Waals surface area (Å²) in [5.74, 6) is 4.95. The molecule has 2 aliphatic heterocycles. The van der Waals surface area contributed by atoms with E-state index < -0.39 is 0 Å². The minimum absolute atomic E-state index is 1.24. The largest absolute Gasteiger partial charge is 0.284 e. The highest BCUT2D eigenvalue weighted by Gasteiger charge is 2.14. The lowest BCUT2D eigenvalue weighted by Crippen LogP contribution is -2.37. The summed E-state index contributed by atoms with van der Waals surface area (Å²) in [6.07, 6.45) is 0. The Bertz CT molecular complexity index is 139. The topological polar surface area (TPSA) is 6.48 Å². The molecule has 0 aliphatic carbocycles. The predicted molar refractivity (Wildman–Crippen MR) is 73.0 cm³/mol. The zero-order valence-corrected chi connectivity index (χ0v) is 11.5. The highest BCUT2D eigenvalue weighted by Crippen LogP contribution is 2.23. The van der Waals surface area contributed by atoms with E-state index in [1.54, 1.807) is 0 Å². The van der Waals surface area contributed by atoms with Crippen molar-refractivity contribution in [1.82, 2.24) is 9.80 Å². The van der Waals surface area contributed by atoms with Gasteiger partial charge in [0.15, 0.2) is 0 Å². The van der Waals surface area contributed by atoms with Crippen molar-refractivity contribution in [1.29, 1.82) is 0 Å². The number of nitrogens with zero attached hydrogens (tertiary/aromatic N) is 2. The highest BCUT2D eigenvalue weighted by atomic mass is 32.2. The maximum Gasteiger partial charge on any atom is 0.0461 e. The summed E-state index contributed by atoms with van der Waals surface area (Å²) in [5.41, 5.74) is 0. The minimum Gasteiger partial charge on any atom is -0.284 e. The van der Waals surface area contributed by atoms with Gasteiger partial charge >= 0.3 is 0 Å². The molecule has 0 radical (unpaired) electrons. The third-order valence-corrected chi connectivity index (χ3v) is 7.02. The third kappa shape index (κ3) is 4.06. The van der Waals surface area contributed by atoms with Crippen LogP contribution in [0.4, 0.5) is 0 Å². The second-order valence-corrected chi connectivity index (χ2v) is 7.91. The Balaban J connectivity index is 1.60. The van der Waals surface area contributed by atoms with Crippen molar-refractivity contribution in [2.45, 2.75) is 0 Å². The molecule has 0 unspecified atom stereocenters. The van der Waals surface area contributed by atoms with Gasteiger partial charge in [-0.25, -0.2) is 0 Å². The van der Waals surface area contributed by atoms with Crippen LogP contribution in [-0.4, -0.2) is 56.6 Å². The summed E-state index contributed by atoms with van der Waals surface area (Å²) >= 11 is 8.20. The summed E-state index contributed by atoms with van der Waals surface area (Å²) in [7, 11) is 0. The fourth-order valence-corrected chi connectivity index (χ4v) is 5.68. The second-order valence-electron chi connectivity index (χ2n) is 3.36. The maximum absolute atomic E-state index is 2.56. The molecule has 0 aromatic carbocycles. The highest BCUT2D eigenvalue weighted by molar-refractivity contribution is 8.16. The normalized spacial score (nSPS) is 26.6. The molecular weight excluding hydrogens is 252 g/mol. The van der Waals surface area contributed by atoms with Crippen LogP contribution in [0.2, 0.25) is 0 Å². The van der Waals surface area contributed by atoms with Crippen molar-refractivity contribution < 1.29 is 0 Å². The molecule has 82 valence electrons. The Kier molecular flexibility index (Phi) is 5.73. The van der Waals surface area contributed by atoms with Crippen molar-refractivity contribution in [3.8, 4) is 0 Å². The molecule has 0 N–H and O–H groups in total. The maximum atomic E-state index is 2.56. The van der Waals surface area contributed by atoms with E-state index in [1.165, 1.54) is 46.8 Å². The van der Waals surface area contributed by atoms with E-state index >= 15 is 0 Å². The van der Waals surface area contributed by atoms with E-state index in [4.69, 9.17) is 0 Å². The Hall–Kier alpha value is 1.32. The first-order chi connectivity index (χ1) is 6.95. The molecule has 2 fully saturated rings. The summed E-state index contributed by atoms with van der Waals surface area (Å²) in [5, 5.41) is 2.57. The van der Waals surface area contributed by atoms with Gasteiger partial charge in [-0.3, -0.25) is 9.80 Å². The molecule has 6 heteroatoms. The smallest absolute Gasteiger partial charge is 0.0461 e. The van der Waals surface area contributed by atoms with Crippen LogP contribution in [0.25, 0.3) is 0 Å². The molecule has 2 heterocycles. The first-order valence-corrected chi connectivity index (χ1v) is 9.33. The Morgan fingerprint density at radius 2 is 1.00 bits per heavy atom. The van der Waals surface area contributed by atoms with Crippen LogP contribution in [-0.2, 0) is 0 Å². The van der Waals surface area contributed by atoms with Gasteiger partial charge in [0.1, 0.15) is 0 Å². The average Bonchev–Trinajstić information content (AvgIpc) is 2.29. The van der Waals surface area contributed by atoms with Crippen molar-refractivity contribution in [3.63, 3.8) is 0 Å². The lowest BCUT2D eigenvalue weighted by molar-refractivity contribution is 0.291. The molecule has 14 heavy (non-hydrogen) atoms. The van der Waals surface area contributed by atoms with Gasteiger partial charge < -0.3 is 0 Å². The van der Waals surface area contributed by atoms with Crippen LogP contribution in [0.5, 0.6) is 0 Å². The van der Waals surface area contributed by atoms with Gasteiger partial charge in [-0.05, 0) is 0 Å². The molecule has 0 aromatic rings. The molecule has 2 saturated heterocycles. The van der Waals surface area contributed by atoms with Crippen molar-refractivity contribution in [3.05, 3.63) is 0 Å². The summed E-state index contributed by atoms with van der Waals surface area (Å²) in [4.78, 5) is 5.12. The van der Waals surface area contributed by atoms with Crippen LogP contribution < -0.4 is 0 Å². The lowest BCUT2D eigenvalue weighted by atomic mass is 10.5. The molecule has 0 amide bonds. The van der Waals surface area contributed by atoms with E-state index in [2.05, 4.69) is 9.80 Å². The Morgan fingerprint density at radius 3 is 1.36 bits per heavy atom. The van der Waals surface area contributed by atoms with E-state index in [0.29, 0.717) is 0 Å². The van der Waals surface area contributed by atoms with Crippen LogP contribution in [0.3, 0.4) is 0 Å². The first-order valence-electron chi connectivity index (χ1n) is 4.71. The predicted octanol–water partition coefficient (Wildman–Crippen LogP) is 2.30. The van der Waals surface area contributed by atoms with Gasteiger partial charge in [0.25, 0.3) is 0 Å². The summed E-state index contributed by atoms with van der Waals surface area (Å²) in [6.45, 7) is 2.50. The first kappa shape index (κ1) is 11.8. The van der Waals surface area contributed by atoms with Crippen LogP contribution in [0.1, 0.15) is 0 Å². The fraction of sp³-hybridized carbons (Fsp3) is 1.00. The standard InChI is InChI=1S/C8H16N2S4/c1(9-3-11-7-12-4-9)2-10-5-13-8-14-6-10/h1-8H2. The molecule has 0 bridgehead atoms. The molecule has 2 nitrogen and oxygen atoms in total. The molecule has 0 spiro atoms. The minimum atomic E-state index is 1.24. The van der Waals surface area contributed by atoms with Gasteiger partial charge in [-0.2, -0.15) is 0 Å². The number of hydrogen-bond donors (Lipinski definition) is 0. The summed E-state index contributed by atoms with van der Waals surface area (Å²) < 4.78 is 0. The molecule has 0 atom stereocenters. The van der Waals surface area contributed by atoms with Crippen LogP contribution in [0.15, 0.2) is 0 Å². The van der Waals surface area contributed by atoms with E-state index in [0.717, 1.165) is 0 Å². The number of hydrogen-bond acceptors (Lipinski definition) is 6. The number of thioether (sulfide) groups is 4. The molecule has 2 rings (SSSR count). The van der Waals surface area contributed by atoms with Crippen LogP contribution in [0, 0.1) is 0 Å². The zero-order chi connectivity index (χ0) is 9.64. The van der Waals surface area contributed by atoms with Crippen molar-refractivity contribution >= 4 is 47.0 Å². The molecule has 2 aliphatic rings. The SMILES string of the molecule is C1SCN(CCN2CSCSC2)CS1. The summed E-state index contributed by atoms with van der Waals surface area (Å²) in [6, 6.07) is 0. The lowest BCUT2D eigenvalue weighted by Gasteiger charge is -2.30. The van der Waals surface area contributed by atoms with Crippen molar-refractivity contribution in [2.24, 2.45) is 0 Å². The quantitative estimate of drug-likeness (QED) is 0.769.